The van der Waals surface area contributed by atoms with E-state index in [1.165, 1.54) is 50.7 Å². The van der Waals surface area contributed by atoms with Crippen LogP contribution in [-0.2, 0) is 4.74 Å². The van der Waals surface area contributed by atoms with Crippen LogP contribution in [0.15, 0.2) is 4.99 Å². The molecule has 0 aromatic heterocycles. The lowest BCUT2D eigenvalue weighted by molar-refractivity contribution is -0.171. The van der Waals surface area contributed by atoms with Gasteiger partial charge in [0, 0.05) is 42.3 Å². The van der Waals surface area contributed by atoms with Gasteiger partial charge in [0.05, 0.1) is 6.10 Å². The Balaban J connectivity index is 1.34. The van der Waals surface area contributed by atoms with Crippen molar-refractivity contribution in [2.24, 2.45) is 16.3 Å². The van der Waals surface area contributed by atoms with Crippen molar-refractivity contribution in [3.05, 3.63) is 0 Å². The second-order valence-corrected chi connectivity index (χ2v) is 9.33. The van der Waals surface area contributed by atoms with Crippen LogP contribution in [0.1, 0.15) is 51.9 Å². The zero-order valence-electron chi connectivity index (χ0n) is 14.5. The van der Waals surface area contributed by atoms with Crippen LogP contribution in [0.25, 0.3) is 0 Å². The predicted molar refractivity (Wildman–Crippen MR) is 97.1 cm³/mol. The van der Waals surface area contributed by atoms with E-state index in [2.05, 4.69) is 34.3 Å². The summed E-state index contributed by atoms with van der Waals surface area (Å²) in [6.45, 7) is 3.22. The number of ether oxygens (including phenoxy) is 1. The van der Waals surface area contributed by atoms with Crippen molar-refractivity contribution in [3.63, 3.8) is 0 Å². The number of fused-ring (bicyclic) bond motifs is 2. The lowest BCUT2D eigenvalue weighted by atomic mass is 9.46. The molecule has 4 nitrogen and oxygen atoms in total. The number of thioether (sulfide) groups is 1. The Morgan fingerprint density at radius 3 is 2.83 bits per heavy atom. The predicted octanol–water partition coefficient (Wildman–Crippen LogP) is 2.78. The highest BCUT2D eigenvalue weighted by molar-refractivity contribution is 7.99. The molecule has 0 bridgehead atoms. The highest BCUT2D eigenvalue weighted by Gasteiger charge is 2.66. The summed E-state index contributed by atoms with van der Waals surface area (Å²) < 4.78 is 6.03. The van der Waals surface area contributed by atoms with Crippen LogP contribution in [-0.4, -0.2) is 48.8 Å². The molecule has 130 valence electrons. The SMILES string of the molecule is CCSC1CCC(NC(=NC)NC2C3CCOC3C23CCC3)C1. The highest BCUT2D eigenvalue weighted by atomic mass is 32.2. The molecular formula is C18H31N3OS. The van der Waals surface area contributed by atoms with E-state index in [4.69, 9.17) is 4.74 Å². The van der Waals surface area contributed by atoms with Gasteiger partial charge in [-0.05, 0) is 44.3 Å². The standard InChI is InChI=1S/C18H31N3OS/c1-3-23-13-6-5-12(11-13)20-17(19-2)21-15-14-7-10-22-16(14)18(15)8-4-9-18/h12-16H,3-11H2,1-2H3,(H2,19,20,21). The first-order chi connectivity index (χ1) is 11.3. The van der Waals surface area contributed by atoms with Gasteiger partial charge in [0.1, 0.15) is 0 Å². The van der Waals surface area contributed by atoms with Crippen LogP contribution in [0.2, 0.25) is 0 Å². The minimum absolute atomic E-state index is 0.426. The largest absolute Gasteiger partial charge is 0.377 e. The van der Waals surface area contributed by atoms with Gasteiger partial charge in [-0.1, -0.05) is 13.3 Å². The van der Waals surface area contributed by atoms with E-state index in [9.17, 15) is 0 Å². The Labute approximate surface area is 144 Å². The lowest BCUT2D eigenvalue weighted by Gasteiger charge is -2.63. The van der Waals surface area contributed by atoms with Crippen LogP contribution in [0.5, 0.6) is 0 Å². The van der Waals surface area contributed by atoms with Gasteiger partial charge < -0.3 is 15.4 Å². The van der Waals surface area contributed by atoms with Gasteiger partial charge in [-0.25, -0.2) is 0 Å². The van der Waals surface area contributed by atoms with Crippen LogP contribution < -0.4 is 10.6 Å². The summed E-state index contributed by atoms with van der Waals surface area (Å²) in [5.74, 6) is 2.97. The molecule has 0 aromatic rings. The maximum absolute atomic E-state index is 6.03. The normalized spacial score (nSPS) is 41.3. The number of nitrogens with one attached hydrogen (secondary N) is 2. The number of guanidine groups is 1. The Morgan fingerprint density at radius 1 is 1.26 bits per heavy atom. The molecule has 0 amide bonds. The maximum Gasteiger partial charge on any atom is 0.191 e. The quantitative estimate of drug-likeness (QED) is 0.612. The summed E-state index contributed by atoms with van der Waals surface area (Å²) in [5.41, 5.74) is 0.426. The fourth-order valence-electron chi connectivity index (χ4n) is 5.43. The summed E-state index contributed by atoms with van der Waals surface area (Å²) in [7, 11) is 1.91. The third-order valence-corrected chi connectivity index (χ3v) is 7.91. The van der Waals surface area contributed by atoms with E-state index in [0.717, 1.165) is 17.8 Å². The second kappa shape index (κ2) is 6.47. The van der Waals surface area contributed by atoms with Gasteiger partial charge in [0.2, 0.25) is 0 Å². The summed E-state index contributed by atoms with van der Waals surface area (Å²) in [5, 5.41) is 8.33. The summed E-state index contributed by atoms with van der Waals surface area (Å²) in [6.07, 6.45) is 9.70. The molecule has 4 aliphatic rings. The molecule has 4 fully saturated rings. The van der Waals surface area contributed by atoms with Crippen molar-refractivity contribution in [2.75, 3.05) is 19.4 Å². The van der Waals surface area contributed by atoms with E-state index in [1.807, 2.05) is 7.05 Å². The van der Waals surface area contributed by atoms with E-state index in [0.29, 0.717) is 29.5 Å². The molecular weight excluding hydrogens is 306 g/mol. The smallest absolute Gasteiger partial charge is 0.191 e. The molecule has 1 heterocycles. The van der Waals surface area contributed by atoms with Gasteiger partial charge in [0.15, 0.2) is 5.96 Å². The van der Waals surface area contributed by atoms with E-state index >= 15 is 0 Å². The Bertz CT molecular complexity index is 465. The molecule has 1 aliphatic heterocycles. The minimum Gasteiger partial charge on any atom is -0.377 e. The topological polar surface area (TPSA) is 45.7 Å². The second-order valence-electron chi connectivity index (χ2n) is 7.76. The van der Waals surface area contributed by atoms with E-state index < -0.39 is 0 Å². The number of aliphatic imine (C=N–C) groups is 1. The van der Waals surface area contributed by atoms with Crippen LogP contribution in [0.3, 0.4) is 0 Å². The molecule has 0 radical (unpaired) electrons. The van der Waals surface area contributed by atoms with Gasteiger partial charge in [0.25, 0.3) is 0 Å². The molecule has 0 aromatic carbocycles. The molecule has 23 heavy (non-hydrogen) atoms. The van der Waals surface area contributed by atoms with Gasteiger partial charge in [-0.15, -0.1) is 0 Å². The first-order valence-corrected chi connectivity index (χ1v) is 10.5. The van der Waals surface area contributed by atoms with E-state index in [1.54, 1.807) is 0 Å². The van der Waals surface area contributed by atoms with Crippen LogP contribution >= 0.6 is 11.8 Å². The minimum atomic E-state index is 0.426. The zero-order valence-corrected chi connectivity index (χ0v) is 15.3. The van der Waals surface area contributed by atoms with Crippen LogP contribution in [0, 0.1) is 11.3 Å². The monoisotopic (exact) mass is 337 g/mol. The zero-order chi connectivity index (χ0) is 15.9. The van der Waals surface area contributed by atoms with Crippen molar-refractivity contribution in [3.8, 4) is 0 Å². The molecule has 1 saturated heterocycles. The van der Waals surface area contributed by atoms with Gasteiger partial charge >= 0.3 is 0 Å². The highest BCUT2D eigenvalue weighted by Crippen LogP contribution is 2.62. The average molecular weight is 338 g/mol. The third kappa shape index (κ3) is 2.68. The molecule has 3 saturated carbocycles. The van der Waals surface area contributed by atoms with Crippen LogP contribution in [0.4, 0.5) is 0 Å². The van der Waals surface area contributed by atoms with Crippen molar-refractivity contribution >= 4 is 17.7 Å². The Hall–Kier alpha value is -0.420. The molecule has 4 rings (SSSR count). The number of hydrogen-bond acceptors (Lipinski definition) is 3. The molecule has 1 spiro atoms. The molecule has 5 atom stereocenters. The number of hydrogen-bond donors (Lipinski definition) is 2. The van der Waals surface area contributed by atoms with E-state index in [-0.39, 0.29) is 0 Å². The first kappa shape index (κ1) is 16.1. The summed E-state index contributed by atoms with van der Waals surface area (Å²) >= 11 is 2.12. The van der Waals surface area contributed by atoms with Crippen molar-refractivity contribution in [1.29, 1.82) is 0 Å². The number of rotatable bonds is 4. The third-order valence-electron chi connectivity index (χ3n) is 6.68. The molecule has 3 aliphatic carbocycles. The fraction of sp³-hybridized carbons (Fsp3) is 0.944. The Morgan fingerprint density at radius 2 is 2.13 bits per heavy atom. The van der Waals surface area contributed by atoms with Gasteiger partial charge in [-0.3, -0.25) is 4.99 Å². The molecule has 2 N–H and O–H groups in total. The average Bonchev–Trinajstić information content (AvgIpc) is 3.10. The molecule has 5 heteroatoms. The maximum atomic E-state index is 6.03. The van der Waals surface area contributed by atoms with Crippen molar-refractivity contribution < 1.29 is 4.74 Å². The first-order valence-electron chi connectivity index (χ1n) is 9.50. The lowest BCUT2D eigenvalue weighted by Crippen LogP contribution is -2.72. The van der Waals surface area contributed by atoms with Gasteiger partial charge in [-0.2, -0.15) is 11.8 Å². The Kier molecular flexibility index (Phi) is 4.52. The number of nitrogens with zero attached hydrogens (tertiary/aromatic N) is 1. The molecule has 5 unspecified atom stereocenters. The fourth-order valence-corrected chi connectivity index (χ4v) is 6.57. The van der Waals surface area contributed by atoms with Crippen molar-refractivity contribution in [2.45, 2.75) is 75.3 Å². The van der Waals surface area contributed by atoms with Crippen molar-refractivity contribution in [1.82, 2.24) is 10.6 Å². The summed E-state index contributed by atoms with van der Waals surface area (Å²) in [4.78, 5) is 4.53. The summed E-state index contributed by atoms with van der Waals surface area (Å²) in [6, 6.07) is 1.18.